The summed E-state index contributed by atoms with van der Waals surface area (Å²) in [5, 5.41) is 10.3. The quantitative estimate of drug-likeness (QED) is 0.197. The molecule has 40 heavy (non-hydrogen) atoms. The van der Waals surface area contributed by atoms with E-state index >= 15 is 8.78 Å². The summed E-state index contributed by atoms with van der Waals surface area (Å²) in [6.07, 6.45) is 14.4. The van der Waals surface area contributed by atoms with Crippen LogP contribution in [-0.4, -0.2) is 17.8 Å². The van der Waals surface area contributed by atoms with Crippen molar-refractivity contribution in [3.05, 3.63) is 83.2 Å². The highest BCUT2D eigenvalue weighted by molar-refractivity contribution is 5.67. The van der Waals surface area contributed by atoms with Crippen LogP contribution < -0.4 is 4.74 Å². The second-order valence-corrected chi connectivity index (χ2v) is 11.7. The van der Waals surface area contributed by atoms with Gasteiger partial charge in [0.1, 0.15) is 0 Å². The summed E-state index contributed by atoms with van der Waals surface area (Å²) in [6, 6.07) is 8.82. The highest BCUT2D eigenvalue weighted by Crippen LogP contribution is 2.39. The Labute approximate surface area is 238 Å². The first-order valence-corrected chi connectivity index (χ1v) is 15.3. The summed E-state index contributed by atoms with van der Waals surface area (Å²) in [4.78, 5) is 0. The van der Waals surface area contributed by atoms with Crippen molar-refractivity contribution >= 4 is 5.57 Å². The molecule has 2 aliphatic rings. The van der Waals surface area contributed by atoms with Crippen LogP contribution in [0.5, 0.6) is 5.75 Å². The number of aryl methyl sites for hydroxylation is 1. The number of hydrogen-bond donors (Lipinski definition) is 1. The van der Waals surface area contributed by atoms with Gasteiger partial charge in [-0.25, -0.2) is 13.2 Å². The number of unbranched alkanes of at least 4 members (excludes halogenated alkanes) is 1. The fourth-order valence-electron chi connectivity index (χ4n) is 6.45. The number of aliphatic hydroxyl groups excluding tert-OH is 1. The standard InChI is InChI=1S/C35H45F3O2/c1-3-5-6-22-40-33-21-19-29(23-31(33)36)25-11-8-24(9-12-25)10-13-28-18-20-30(35(38)34(28)37)26-14-16-27(17-15-26)32(39)7-4-2/h3,14,18-21,23-25,27,32,39H,1,4-13,15-17,22H2,2H3. The summed E-state index contributed by atoms with van der Waals surface area (Å²) in [6.45, 7) is 6.22. The number of benzene rings is 2. The molecule has 2 atom stereocenters. The van der Waals surface area contributed by atoms with Gasteiger partial charge in [0.2, 0.25) is 0 Å². The number of rotatable bonds is 13. The molecule has 0 radical (unpaired) electrons. The molecule has 1 saturated carbocycles. The minimum absolute atomic E-state index is 0.204. The van der Waals surface area contributed by atoms with E-state index in [1.807, 2.05) is 18.2 Å². The Bertz CT molecular complexity index is 1150. The molecule has 0 amide bonds. The maximum Gasteiger partial charge on any atom is 0.166 e. The molecule has 218 valence electrons. The fraction of sp³-hybridized carbons (Fsp3) is 0.543. The predicted molar refractivity (Wildman–Crippen MR) is 157 cm³/mol. The van der Waals surface area contributed by atoms with E-state index in [0.29, 0.717) is 54.6 Å². The first kappa shape index (κ1) is 30.4. The summed E-state index contributed by atoms with van der Waals surface area (Å²) < 4.78 is 50.3. The molecule has 4 rings (SSSR count). The number of allylic oxidation sites excluding steroid dienone is 3. The van der Waals surface area contributed by atoms with Gasteiger partial charge in [0.05, 0.1) is 12.7 Å². The molecule has 0 saturated heterocycles. The lowest BCUT2D eigenvalue weighted by Gasteiger charge is -2.29. The normalized spacial score (nSPS) is 22.0. The Morgan fingerprint density at radius 1 is 1.05 bits per heavy atom. The Morgan fingerprint density at radius 3 is 2.52 bits per heavy atom. The maximum absolute atomic E-state index is 15.1. The van der Waals surface area contributed by atoms with E-state index in [0.717, 1.165) is 75.3 Å². The molecule has 2 nitrogen and oxygen atoms in total. The molecule has 1 N–H and O–H groups in total. The van der Waals surface area contributed by atoms with Crippen molar-refractivity contribution in [3.8, 4) is 5.75 Å². The van der Waals surface area contributed by atoms with Gasteiger partial charge >= 0.3 is 0 Å². The minimum Gasteiger partial charge on any atom is -0.491 e. The molecule has 0 heterocycles. The Hall–Kier alpha value is -2.53. The van der Waals surface area contributed by atoms with Crippen LogP contribution in [0.1, 0.15) is 107 Å². The van der Waals surface area contributed by atoms with Crippen LogP contribution >= 0.6 is 0 Å². The van der Waals surface area contributed by atoms with Gasteiger partial charge in [-0.3, -0.25) is 0 Å². The number of hydrogen-bond acceptors (Lipinski definition) is 2. The van der Waals surface area contributed by atoms with E-state index in [-0.39, 0.29) is 17.8 Å². The zero-order chi connectivity index (χ0) is 28.5. The van der Waals surface area contributed by atoms with Crippen LogP contribution in [0, 0.1) is 29.3 Å². The summed E-state index contributed by atoms with van der Waals surface area (Å²) in [5.41, 5.74) is 2.68. The summed E-state index contributed by atoms with van der Waals surface area (Å²) in [7, 11) is 0. The molecule has 0 spiro atoms. The molecule has 0 aliphatic heterocycles. The molecule has 1 fully saturated rings. The second-order valence-electron chi connectivity index (χ2n) is 11.7. The highest BCUT2D eigenvalue weighted by Gasteiger charge is 2.26. The van der Waals surface area contributed by atoms with Gasteiger partial charge < -0.3 is 9.84 Å². The lowest BCUT2D eigenvalue weighted by Crippen LogP contribution is -2.22. The number of aliphatic hydroxyl groups is 1. The first-order chi connectivity index (χ1) is 19.4. The van der Waals surface area contributed by atoms with Crippen LogP contribution in [0.3, 0.4) is 0 Å². The topological polar surface area (TPSA) is 29.5 Å². The summed E-state index contributed by atoms with van der Waals surface area (Å²) in [5.74, 6) is -0.481. The monoisotopic (exact) mass is 554 g/mol. The lowest BCUT2D eigenvalue weighted by atomic mass is 9.77. The average Bonchev–Trinajstić information content (AvgIpc) is 2.97. The van der Waals surface area contributed by atoms with Gasteiger partial charge in [-0.05, 0) is 124 Å². The van der Waals surface area contributed by atoms with Gasteiger partial charge in [0.15, 0.2) is 23.2 Å². The van der Waals surface area contributed by atoms with E-state index in [4.69, 9.17) is 4.74 Å². The maximum atomic E-state index is 15.1. The average molecular weight is 555 g/mol. The molecular weight excluding hydrogens is 509 g/mol. The van der Waals surface area contributed by atoms with Crippen molar-refractivity contribution in [2.75, 3.05) is 6.61 Å². The third-order valence-corrected chi connectivity index (χ3v) is 8.99. The molecule has 2 unspecified atom stereocenters. The first-order valence-electron chi connectivity index (χ1n) is 15.3. The number of ether oxygens (including phenoxy) is 1. The van der Waals surface area contributed by atoms with Crippen LogP contribution in [0.25, 0.3) is 5.57 Å². The van der Waals surface area contributed by atoms with E-state index in [2.05, 4.69) is 13.5 Å². The van der Waals surface area contributed by atoms with Crippen LogP contribution in [0.2, 0.25) is 0 Å². The minimum atomic E-state index is -0.741. The molecule has 0 bridgehead atoms. The van der Waals surface area contributed by atoms with Crippen molar-refractivity contribution in [3.63, 3.8) is 0 Å². The van der Waals surface area contributed by atoms with Gasteiger partial charge in [-0.15, -0.1) is 6.58 Å². The Balaban J connectivity index is 1.26. The molecular formula is C35H45F3O2. The zero-order valence-electron chi connectivity index (χ0n) is 23.9. The third kappa shape index (κ3) is 7.81. The summed E-state index contributed by atoms with van der Waals surface area (Å²) >= 11 is 0. The third-order valence-electron chi connectivity index (χ3n) is 8.99. The van der Waals surface area contributed by atoms with Crippen molar-refractivity contribution in [2.45, 2.75) is 102 Å². The van der Waals surface area contributed by atoms with Crippen molar-refractivity contribution in [1.29, 1.82) is 0 Å². The van der Waals surface area contributed by atoms with E-state index in [9.17, 15) is 9.50 Å². The van der Waals surface area contributed by atoms with E-state index < -0.39 is 11.6 Å². The Kier molecular flexibility index (Phi) is 11.3. The lowest BCUT2D eigenvalue weighted by molar-refractivity contribution is 0.0934. The van der Waals surface area contributed by atoms with E-state index in [1.54, 1.807) is 24.3 Å². The van der Waals surface area contributed by atoms with Crippen molar-refractivity contribution in [2.24, 2.45) is 11.8 Å². The molecule has 2 aliphatic carbocycles. The largest absolute Gasteiger partial charge is 0.491 e. The molecule has 2 aromatic carbocycles. The SMILES string of the molecule is C=CCCCOc1ccc(C2CCC(CCc3ccc(C4=CCC(C(O)CCC)CC4)c(F)c3F)CC2)cc1F. The number of halogens is 3. The smallest absolute Gasteiger partial charge is 0.166 e. The molecule has 2 aromatic rings. The van der Waals surface area contributed by atoms with Crippen LogP contribution in [-0.2, 0) is 6.42 Å². The van der Waals surface area contributed by atoms with E-state index in [1.165, 1.54) is 0 Å². The van der Waals surface area contributed by atoms with Gasteiger partial charge in [-0.2, -0.15) is 0 Å². The predicted octanol–water partition coefficient (Wildman–Crippen LogP) is 9.70. The van der Waals surface area contributed by atoms with Gasteiger partial charge in [0.25, 0.3) is 0 Å². The fourth-order valence-corrected chi connectivity index (χ4v) is 6.45. The highest BCUT2D eigenvalue weighted by atomic mass is 19.2. The van der Waals surface area contributed by atoms with Crippen LogP contribution in [0.15, 0.2) is 49.1 Å². The van der Waals surface area contributed by atoms with Crippen molar-refractivity contribution in [1.82, 2.24) is 0 Å². The van der Waals surface area contributed by atoms with Crippen LogP contribution in [0.4, 0.5) is 13.2 Å². The molecule has 5 heteroatoms. The Morgan fingerprint density at radius 2 is 1.85 bits per heavy atom. The van der Waals surface area contributed by atoms with Gasteiger partial charge in [-0.1, -0.05) is 43.7 Å². The second kappa shape index (κ2) is 14.9. The molecule has 0 aromatic heterocycles. The zero-order valence-corrected chi connectivity index (χ0v) is 23.9. The van der Waals surface area contributed by atoms with Gasteiger partial charge in [0, 0.05) is 5.56 Å². The van der Waals surface area contributed by atoms with Crippen molar-refractivity contribution < 1.29 is 23.0 Å².